The smallest absolute Gasteiger partial charge is 0.161 e. The van der Waals surface area contributed by atoms with Gasteiger partial charge >= 0.3 is 0 Å². The molecule has 0 aliphatic carbocycles. The summed E-state index contributed by atoms with van der Waals surface area (Å²) in [5.74, 6) is 2.28. The zero-order valence-corrected chi connectivity index (χ0v) is 12.3. The lowest BCUT2D eigenvalue weighted by Gasteiger charge is -2.27. The highest BCUT2D eigenvalue weighted by molar-refractivity contribution is 6.17. The third-order valence-corrected chi connectivity index (χ3v) is 3.80. The molecule has 0 spiro atoms. The van der Waals surface area contributed by atoms with E-state index in [2.05, 4.69) is 12.1 Å². The van der Waals surface area contributed by atoms with E-state index in [-0.39, 0.29) is 6.10 Å². The molecule has 0 saturated carbocycles. The first-order valence-corrected chi connectivity index (χ1v) is 7.26. The average molecular weight is 285 g/mol. The number of halogens is 1. The molecule has 0 fully saturated rings. The maximum atomic E-state index is 5.88. The Morgan fingerprint density at radius 1 is 1.21 bits per heavy atom. The third-order valence-electron chi connectivity index (χ3n) is 3.53. The highest BCUT2D eigenvalue weighted by atomic mass is 35.5. The fourth-order valence-electron chi connectivity index (χ4n) is 2.52. The normalized spacial score (nSPS) is 17.9. The van der Waals surface area contributed by atoms with E-state index in [1.165, 1.54) is 11.1 Å². The van der Waals surface area contributed by atoms with Crippen molar-refractivity contribution in [2.24, 2.45) is 0 Å². The van der Waals surface area contributed by atoms with E-state index < -0.39 is 0 Å². The summed E-state index contributed by atoms with van der Waals surface area (Å²) in [7, 11) is 3.33. The molecule has 0 radical (unpaired) electrons. The van der Waals surface area contributed by atoms with Crippen molar-refractivity contribution in [1.29, 1.82) is 0 Å². The van der Waals surface area contributed by atoms with Crippen LogP contribution in [0.25, 0.3) is 0 Å². The molecule has 19 heavy (non-hydrogen) atoms. The number of fused-ring (bicyclic) bond motifs is 1. The van der Waals surface area contributed by atoms with E-state index >= 15 is 0 Å². The summed E-state index contributed by atoms with van der Waals surface area (Å²) in [4.78, 5) is 0. The van der Waals surface area contributed by atoms with Crippen molar-refractivity contribution in [3.63, 3.8) is 0 Å². The van der Waals surface area contributed by atoms with Crippen LogP contribution in [0.3, 0.4) is 0 Å². The van der Waals surface area contributed by atoms with Crippen LogP contribution in [0.1, 0.15) is 36.5 Å². The summed E-state index contributed by atoms with van der Waals surface area (Å²) in [5, 5.41) is 0. The van der Waals surface area contributed by atoms with Gasteiger partial charge in [-0.25, -0.2) is 0 Å². The fraction of sp³-hybridized carbons (Fsp3) is 0.600. The number of benzene rings is 1. The summed E-state index contributed by atoms with van der Waals surface area (Å²) in [6.07, 6.45) is 4.22. The number of hydrogen-bond acceptors (Lipinski definition) is 3. The van der Waals surface area contributed by atoms with Crippen LogP contribution in [0.5, 0.6) is 11.5 Å². The van der Waals surface area contributed by atoms with Gasteiger partial charge < -0.3 is 14.2 Å². The second-order valence-electron chi connectivity index (χ2n) is 4.70. The largest absolute Gasteiger partial charge is 0.493 e. The topological polar surface area (TPSA) is 27.7 Å². The lowest BCUT2D eigenvalue weighted by molar-refractivity contribution is 0.0349. The molecule has 1 aromatic carbocycles. The Labute approximate surface area is 119 Å². The first kappa shape index (κ1) is 14.5. The summed E-state index contributed by atoms with van der Waals surface area (Å²) in [6.45, 7) is 0.772. The molecule has 0 amide bonds. The SMILES string of the molecule is COc1cc2c(cc1OC)C(CCCCCl)OCC2. The van der Waals surface area contributed by atoms with Crippen molar-refractivity contribution < 1.29 is 14.2 Å². The number of alkyl halides is 1. The molecule has 4 heteroatoms. The van der Waals surface area contributed by atoms with Crippen LogP contribution in [0.4, 0.5) is 0 Å². The molecule has 0 N–H and O–H groups in total. The molecule has 106 valence electrons. The Morgan fingerprint density at radius 2 is 1.95 bits per heavy atom. The Balaban J connectivity index is 2.22. The summed E-state index contributed by atoms with van der Waals surface area (Å²) in [5.41, 5.74) is 2.54. The molecule has 1 aromatic rings. The van der Waals surface area contributed by atoms with Gasteiger partial charge in [-0.1, -0.05) is 0 Å². The van der Waals surface area contributed by atoms with Crippen molar-refractivity contribution >= 4 is 11.6 Å². The zero-order chi connectivity index (χ0) is 13.7. The predicted octanol–water partition coefficient (Wildman–Crippen LogP) is 3.73. The molecule has 2 rings (SSSR count). The minimum atomic E-state index is 0.159. The molecule has 0 saturated heterocycles. The quantitative estimate of drug-likeness (QED) is 0.588. The Kier molecular flexibility index (Phi) is 5.34. The zero-order valence-electron chi connectivity index (χ0n) is 11.6. The van der Waals surface area contributed by atoms with Crippen molar-refractivity contribution in [2.75, 3.05) is 26.7 Å². The highest BCUT2D eigenvalue weighted by Crippen LogP contribution is 2.38. The van der Waals surface area contributed by atoms with E-state index in [4.69, 9.17) is 25.8 Å². The molecular weight excluding hydrogens is 264 g/mol. The van der Waals surface area contributed by atoms with Gasteiger partial charge in [0.05, 0.1) is 26.9 Å². The van der Waals surface area contributed by atoms with Crippen LogP contribution in [0, 0.1) is 0 Å². The van der Waals surface area contributed by atoms with Gasteiger partial charge in [0.25, 0.3) is 0 Å². The Bertz CT molecular complexity index is 420. The van der Waals surface area contributed by atoms with E-state index in [1.807, 2.05) is 0 Å². The van der Waals surface area contributed by atoms with Crippen molar-refractivity contribution in [3.05, 3.63) is 23.3 Å². The van der Waals surface area contributed by atoms with Gasteiger partial charge in [0.2, 0.25) is 0 Å². The summed E-state index contributed by atoms with van der Waals surface area (Å²) < 4.78 is 16.6. The first-order chi connectivity index (χ1) is 9.30. The van der Waals surface area contributed by atoms with Crippen LogP contribution in [0.2, 0.25) is 0 Å². The van der Waals surface area contributed by atoms with Gasteiger partial charge in [-0.05, 0) is 48.9 Å². The number of unbranched alkanes of at least 4 members (excludes halogenated alkanes) is 1. The van der Waals surface area contributed by atoms with E-state index in [9.17, 15) is 0 Å². The van der Waals surface area contributed by atoms with Crippen LogP contribution >= 0.6 is 11.6 Å². The molecule has 1 aliphatic rings. The average Bonchev–Trinajstić information content (AvgIpc) is 2.46. The van der Waals surface area contributed by atoms with Gasteiger partial charge in [-0.3, -0.25) is 0 Å². The molecule has 1 heterocycles. The van der Waals surface area contributed by atoms with Crippen LogP contribution < -0.4 is 9.47 Å². The van der Waals surface area contributed by atoms with Gasteiger partial charge in [-0.2, -0.15) is 0 Å². The second-order valence-corrected chi connectivity index (χ2v) is 5.08. The van der Waals surface area contributed by atoms with Gasteiger partial charge in [-0.15, -0.1) is 11.6 Å². The minimum absolute atomic E-state index is 0.159. The Morgan fingerprint density at radius 3 is 2.63 bits per heavy atom. The molecule has 3 nitrogen and oxygen atoms in total. The van der Waals surface area contributed by atoms with Gasteiger partial charge in [0.15, 0.2) is 11.5 Å². The molecule has 1 unspecified atom stereocenters. The number of hydrogen-bond donors (Lipinski definition) is 0. The fourth-order valence-corrected chi connectivity index (χ4v) is 2.71. The maximum Gasteiger partial charge on any atom is 0.161 e. The molecule has 0 aromatic heterocycles. The molecular formula is C15H21ClO3. The minimum Gasteiger partial charge on any atom is -0.493 e. The third kappa shape index (κ3) is 3.34. The van der Waals surface area contributed by atoms with E-state index in [1.54, 1.807) is 14.2 Å². The molecule has 1 atom stereocenters. The van der Waals surface area contributed by atoms with Crippen molar-refractivity contribution in [1.82, 2.24) is 0 Å². The van der Waals surface area contributed by atoms with Crippen molar-refractivity contribution in [3.8, 4) is 11.5 Å². The monoisotopic (exact) mass is 284 g/mol. The van der Waals surface area contributed by atoms with Gasteiger partial charge in [0.1, 0.15) is 0 Å². The first-order valence-electron chi connectivity index (χ1n) is 6.72. The number of ether oxygens (including phenoxy) is 3. The van der Waals surface area contributed by atoms with E-state index in [0.29, 0.717) is 5.88 Å². The van der Waals surface area contributed by atoms with E-state index in [0.717, 1.165) is 43.8 Å². The van der Waals surface area contributed by atoms with Crippen LogP contribution in [-0.4, -0.2) is 26.7 Å². The maximum absolute atomic E-state index is 5.88. The molecule has 0 bridgehead atoms. The lowest BCUT2D eigenvalue weighted by atomic mass is 9.94. The summed E-state index contributed by atoms with van der Waals surface area (Å²) in [6, 6.07) is 4.13. The van der Waals surface area contributed by atoms with Crippen LogP contribution in [0.15, 0.2) is 12.1 Å². The second kappa shape index (κ2) is 7.01. The van der Waals surface area contributed by atoms with Crippen molar-refractivity contribution in [2.45, 2.75) is 31.8 Å². The standard InChI is InChI=1S/C15H21ClO3/c1-17-14-9-11-6-8-19-13(5-3-4-7-16)12(11)10-15(14)18-2/h9-10,13H,3-8H2,1-2H3. The molecule has 1 aliphatic heterocycles. The lowest BCUT2D eigenvalue weighted by Crippen LogP contribution is -2.17. The number of rotatable bonds is 6. The Hall–Kier alpha value is -0.930. The number of methoxy groups -OCH3 is 2. The summed E-state index contributed by atoms with van der Waals surface area (Å²) >= 11 is 5.73. The van der Waals surface area contributed by atoms with Crippen LogP contribution in [-0.2, 0) is 11.2 Å². The van der Waals surface area contributed by atoms with Gasteiger partial charge in [0, 0.05) is 5.88 Å². The highest BCUT2D eigenvalue weighted by Gasteiger charge is 2.23. The predicted molar refractivity (Wildman–Crippen MR) is 76.5 cm³/mol.